The zero-order valence-electron chi connectivity index (χ0n) is 12.6. The lowest BCUT2D eigenvalue weighted by Gasteiger charge is -2.08. The van der Waals surface area contributed by atoms with Gasteiger partial charge >= 0.3 is 5.97 Å². The van der Waals surface area contributed by atoms with Gasteiger partial charge in [0, 0.05) is 23.8 Å². The zero-order valence-corrected chi connectivity index (χ0v) is 13.4. The number of methoxy groups -OCH3 is 1. The van der Waals surface area contributed by atoms with Crippen molar-refractivity contribution < 1.29 is 9.53 Å². The predicted octanol–water partition coefficient (Wildman–Crippen LogP) is 3.43. The number of fused-ring (bicyclic) bond motifs is 1. The van der Waals surface area contributed by atoms with Crippen molar-refractivity contribution >= 4 is 29.0 Å². The molecule has 0 aliphatic rings. The van der Waals surface area contributed by atoms with Crippen molar-refractivity contribution in [3.05, 3.63) is 64.9 Å². The van der Waals surface area contributed by atoms with Crippen LogP contribution in [0.4, 0.5) is 5.82 Å². The number of esters is 1. The van der Waals surface area contributed by atoms with E-state index < -0.39 is 5.97 Å². The van der Waals surface area contributed by atoms with E-state index in [0.717, 1.165) is 6.42 Å². The third-order valence-electron chi connectivity index (χ3n) is 3.52. The molecule has 0 bridgehead atoms. The first-order valence-corrected chi connectivity index (χ1v) is 7.60. The number of nitrogens with zero attached hydrogens (tertiary/aromatic N) is 2. The second-order valence-electron chi connectivity index (χ2n) is 5.04. The molecule has 3 aromatic rings. The summed E-state index contributed by atoms with van der Waals surface area (Å²) >= 11 is 5.99. The lowest BCUT2D eigenvalue weighted by molar-refractivity contribution is 0.0596. The fourth-order valence-corrected chi connectivity index (χ4v) is 2.55. The van der Waals surface area contributed by atoms with Crippen LogP contribution in [0.1, 0.15) is 16.1 Å². The van der Waals surface area contributed by atoms with Gasteiger partial charge in [-0.3, -0.25) is 4.40 Å². The van der Waals surface area contributed by atoms with Gasteiger partial charge in [0.2, 0.25) is 0 Å². The van der Waals surface area contributed by atoms with Gasteiger partial charge in [0.1, 0.15) is 11.5 Å². The number of nitrogens with one attached hydrogen (secondary N) is 1. The minimum Gasteiger partial charge on any atom is -0.464 e. The van der Waals surface area contributed by atoms with E-state index in [2.05, 4.69) is 22.4 Å². The number of anilines is 1. The van der Waals surface area contributed by atoms with Gasteiger partial charge in [-0.15, -0.1) is 0 Å². The standard InChI is InChI=1S/C17H16ClN3O2/c1-23-17(22)15-16(19-9-7-12-5-3-2-4-6-12)21-10-8-13(18)11-14(21)20-15/h2-6,8,10-11,19H,7,9H2,1H3. The Morgan fingerprint density at radius 1 is 1.30 bits per heavy atom. The van der Waals surface area contributed by atoms with E-state index >= 15 is 0 Å². The molecule has 3 rings (SSSR count). The lowest BCUT2D eigenvalue weighted by atomic mass is 10.1. The number of halogens is 1. The Morgan fingerprint density at radius 3 is 2.83 bits per heavy atom. The quantitative estimate of drug-likeness (QED) is 0.729. The number of ether oxygens (including phenoxy) is 1. The molecule has 0 radical (unpaired) electrons. The van der Waals surface area contributed by atoms with Gasteiger partial charge < -0.3 is 10.1 Å². The highest BCUT2D eigenvalue weighted by atomic mass is 35.5. The molecule has 5 nitrogen and oxygen atoms in total. The predicted molar refractivity (Wildman–Crippen MR) is 90.2 cm³/mol. The summed E-state index contributed by atoms with van der Waals surface area (Å²) in [5, 5.41) is 3.84. The Balaban J connectivity index is 1.87. The molecule has 0 aliphatic heterocycles. The second kappa shape index (κ2) is 6.71. The molecule has 0 aliphatic carbocycles. The Labute approximate surface area is 138 Å². The average molecular weight is 330 g/mol. The van der Waals surface area contributed by atoms with Gasteiger partial charge in [-0.1, -0.05) is 41.9 Å². The second-order valence-corrected chi connectivity index (χ2v) is 5.47. The van der Waals surface area contributed by atoms with Gasteiger partial charge in [-0.05, 0) is 18.1 Å². The van der Waals surface area contributed by atoms with E-state index in [4.69, 9.17) is 16.3 Å². The fraction of sp³-hybridized carbons (Fsp3) is 0.176. The van der Waals surface area contributed by atoms with Gasteiger partial charge in [-0.2, -0.15) is 0 Å². The first-order valence-electron chi connectivity index (χ1n) is 7.23. The van der Waals surface area contributed by atoms with Crippen molar-refractivity contribution in [1.29, 1.82) is 0 Å². The van der Waals surface area contributed by atoms with E-state index in [1.165, 1.54) is 12.7 Å². The molecule has 0 spiro atoms. The van der Waals surface area contributed by atoms with Crippen LogP contribution in [0, 0.1) is 0 Å². The first kappa shape index (κ1) is 15.4. The van der Waals surface area contributed by atoms with Gasteiger partial charge in [0.05, 0.1) is 7.11 Å². The lowest BCUT2D eigenvalue weighted by Crippen LogP contribution is -2.11. The van der Waals surface area contributed by atoms with Crippen molar-refractivity contribution in [2.24, 2.45) is 0 Å². The number of hydrogen-bond acceptors (Lipinski definition) is 4. The maximum absolute atomic E-state index is 12.0. The van der Waals surface area contributed by atoms with Crippen LogP contribution in [0.15, 0.2) is 48.7 Å². The molecule has 0 atom stereocenters. The largest absolute Gasteiger partial charge is 0.464 e. The van der Waals surface area contributed by atoms with Crippen LogP contribution in [-0.4, -0.2) is 29.0 Å². The summed E-state index contributed by atoms with van der Waals surface area (Å²) in [6, 6.07) is 13.6. The van der Waals surface area contributed by atoms with E-state index in [0.29, 0.717) is 23.0 Å². The van der Waals surface area contributed by atoms with Crippen molar-refractivity contribution in [2.45, 2.75) is 6.42 Å². The number of rotatable bonds is 5. The number of carbonyl (C=O) groups excluding carboxylic acids is 1. The molecule has 0 unspecified atom stereocenters. The molecule has 23 heavy (non-hydrogen) atoms. The highest BCUT2D eigenvalue weighted by Crippen LogP contribution is 2.21. The van der Waals surface area contributed by atoms with E-state index in [1.807, 2.05) is 18.2 Å². The van der Waals surface area contributed by atoms with Gasteiger partial charge in [0.15, 0.2) is 5.69 Å². The Morgan fingerprint density at radius 2 is 2.09 bits per heavy atom. The van der Waals surface area contributed by atoms with Crippen LogP contribution in [-0.2, 0) is 11.2 Å². The zero-order chi connectivity index (χ0) is 16.2. The average Bonchev–Trinajstić information content (AvgIpc) is 2.93. The Kier molecular flexibility index (Phi) is 4.48. The van der Waals surface area contributed by atoms with Crippen molar-refractivity contribution in [3.63, 3.8) is 0 Å². The first-order chi connectivity index (χ1) is 11.2. The summed E-state index contributed by atoms with van der Waals surface area (Å²) in [6.45, 7) is 0.671. The van der Waals surface area contributed by atoms with Crippen LogP contribution in [0.3, 0.4) is 0 Å². The van der Waals surface area contributed by atoms with Gasteiger partial charge in [0.25, 0.3) is 0 Å². The number of pyridine rings is 1. The summed E-state index contributed by atoms with van der Waals surface area (Å²) in [5.41, 5.74) is 2.07. The molecule has 118 valence electrons. The number of hydrogen-bond donors (Lipinski definition) is 1. The Hall–Kier alpha value is -2.53. The molecular formula is C17H16ClN3O2. The molecule has 2 aromatic heterocycles. The summed E-state index contributed by atoms with van der Waals surface area (Å²) in [7, 11) is 1.34. The number of imidazole rings is 1. The molecule has 0 saturated heterocycles. The molecular weight excluding hydrogens is 314 g/mol. The topological polar surface area (TPSA) is 55.6 Å². The van der Waals surface area contributed by atoms with Crippen molar-refractivity contribution in [3.8, 4) is 0 Å². The molecule has 0 fully saturated rings. The third-order valence-corrected chi connectivity index (χ3v) is 3.75. The van der Waals surface area contributed by atoms with Gasteiger partial charge in [-0.25, -0.2) is 9.78 Å². The smallest absolute Gasteiger partial charge is 0.360 e. The number of carbonyl (C=O) groups is 1. The minimum absolute atomic E-state index is 0.253. The minimum atomic E-state index is -0.480. The maximum atomic E-state index is 12.0. The number of benzene rings is 1. The summed E-state index contributed by atoms with van der Waals surface area (Å²) < 4.78 is 6.61. The van der Waals surface area contributed by atoms with Crippen LogP contribution in [0.25, 0.3) is 5.65 Å². The van der Waals surface area contributed by atoms with E-state index in [1.54, 1.807) is 22.7 Å². The van der Waals surface area contributed by atoms with Crippen molar-refractivity contribution in [1.82, 2.24) is 9.38 Å². The molecule has 6 heteroatoms. The highest BCUT2D eigenvalue weighted by Gasteiger charge is 2.19. The van der Waals surface area contributed by atoms with Crippen LogP contribution < -0.4 is 5.32 Å². The van der Waals surface area contributed by atoms with Crippen molar-refractivity contribution in [2.75, 3.05) is 19.0 Å². The molecule has 1 N–H and O–H groups in total. The van der Waals surface area contributed by atoms with Crippen LogP contribution in [0.5, 0.6) is 0 Å². The SMILES string of the molecule is COC(=O)c1nc2cc(Cl)ccn2c1NCCc1ccccc1. The Bertz CT molecular complexity index is 830. The molecule has 0 amide bonds. The van der Waals surface area contributed by atoms with Crippen LogP contribution in [0.2, 0.25) is 5.02 Å². The summed E-state index contributed by atoms with van der Waals surface area (Å²) in [6.07, 6.45) is 2.62. The highest BCUT2D eigenvalue weighted by molar-refractivity contribution is 6.30. The summed E-state index contributed by atoms with van der Waals surface area (Å²) in [4.78, 5) is 16.3. The normalized spacial score (nSPS) is 10.7. The summed E-state index contributed by atoms with van der Waals surface area (Å²) in [5.74, 6) is 0.131. The fourth-order valence-electron chi connectivity index (χ4n) is 2.40. The third kappa shape index (κ3) is 3.29. The number of aromatic nitrogens is 2. The molecule has 1 aromatic carbocycles. The monoisotopic (exact) mass is 329 g/mol. The maximum Gasteiger partial charge on any atom is 0.360 e. The molecule has 0 saturated carbocycles. The van der Waals surface area contributed by atoms with E-state index in [9.17, 15) is 4.79 Å². The molecule has 2 heterocycles. The van der Waals surface area contributed by atoms with Crippen LogP contribution >= 0.6 is 11.6 Å². The van der Waals surface area contributed by atoms with E-state index in [-0.39, 0.29) is 5.69 Å².